The van der Waals surface area contributed by atoms with E-state index >= 15 is 0 Å². The summed E-state index contributed by atoms with van der Waals surface area (Å²) < 4.78 is 34.7. The second-order valence-corrected chi connectivity index (χ2v) is 11.7. The number of hydrogen-bond acceptors (Lipinski definition) is 5. The number of nitrogens with one attached hydrogen (secondary N) is 1. The average molecular weight is 586 g/mol. The summed E-state index contributed by atoms with van der Waals surface area (Å²) in [5.74, 6) is -0.549. The summed E-state index contributed by atoms with van der Waals surface area (Å²) in [5, 5.41) is 3.31. The first kappa shape index (κ1) is 31.0. The van der Waals surface area contributed by atoms with Gasteiger partial charge in [0.05, 0.1) is 17.2 Å². The average Bonchev–Trinajstić information content (AvgIpc) is 2.95. The number of carbonyl (C=O) groups is 2. The maximum atomic E-state index is 14.0. The Bertz CT molecular complexity index is 1380. The number of anilines is 1. The zero-order valence-electron chi connectivity index (χ0n) is 23.2. The molecule has 3 aromatic rings. The number of halogens is 1. The van der Waals surface area contributed by atoms with Gasteiger partial charge in [-0.3, -0.25) is 13.9 Å². The lowest BCUT2D eigenvalue weighted by Crippen LogP contribution is -2.52. The van der Waals surface area contributed by atoms with E-state index in [-0.39, 0.29) is 29.1 Å². The Hall–Kier alpha value is -3.56. The van der Waals surface area contributed by atoms with Gasteiger partial charge in [-0.1, -0.05) is 61.0 Å². The van der Waals surface area contributed by atoms with Crippen molar-refractivity contribution in [2.45, 2.75) is 57.6 Å². The minimum atomic E-state index is -4.24. The quantitative estimate of drug-likeness (QED) is 0.295. The summed E-state index contributed by atoms with van der Waals surface area (Å²) in [6, 6.07) is 20.7. The van der Waals surface area contributed by atoms with E-state index in [9.17, 15) is 18.0 Å². The molecule has 0 aliphatic heterocycles. The Labute approximate surface area is 241 Å². The topological polar surface area (TPSA) is 96.0 Å². The molecule has 0 unspecified atom stereocenters. The number of amides is 2. The van der Waals surface area contributed by atoms with Crippen molar-refractivity contribution in [2.75, 3.05) is 17.5 Å². The van der Waals surface area contributed by atoms with Crippen molar-refractivity contribution in [3.8, 4) is 5.75 Å². The minimum Gasteiger partial charge on any atom is -0.492 e. The van der Waals surface area contributed by atoms with Crippen LogP contribution in [0.4, 0.5) is 5.69 Å². The Morgan fingerprint density at radius 2 is 1.55 bits per heavy atom. The van der Waals surface area contributed by atoms with E-state index in [1.54, 1.807) is 38.1 Å². The highest BCUT2D eigenvalue weighted by Gasteiger charge is 2.34. The predicted molar refractivity (Wildman–Crippen MR) is 158 cm³/mol. The highest BCUT2D eigenvalue weighted by molar-refractivity contribution is 7.92. The van der Waals surface area contributed by atoms with Crippen LogP contribution in [0.25, 0.3) is 0 Å². The highest BCUT2D eigenvalue weighted by Crippen LogP contribution is 2.33. The van der Waals surface area contributed by atoms with Crippen molar-refractivity contribution in [2.24, 2.45) is 0 Å². The summed E-state index contributed by atoms with van der Waals surface area (Å²) >= 11 is 6.01. The van der Waals surface area contributed by atoms with E-state index in [2.05, 4.69) is 5.32 Å². The highest BCUT2D eigenvalue weighted by atomic mass is 35.5. The molecule has 0 bridgehead atoms. The molecule has 0 saturated carbocycles. The molecule has 0 aromatic heterocycles. The molecule has 0 radical (unpaired) electrons. The second kappa shape index (κ2) is 14.2. The van der Waals surface area contributed by atoms with Gasteiger partial charge in [-0.2, -0.15) is 0 Å². The Kier molecular flexibility index (Phi) is 11.0. The van der Waals surface area contributed by atoms with E-state index in [0.717, 1.165) is 16.3 Å². The smallest absolute Gasteiger partial charge is 0.264 e. The monoisotopic (exact) mass is 585 g/mol. The Morgan fingerprint density at radius 1 is 0.925 bits per heavy atom. The van der Waals surface area contributed by atoms with Crippen molar-refractivity contribution >= 4 is 39.1 Å². The van der Waals surface area contributed by atoms with Crippen LogP contribution in [0, 0.1) is 0 Å². The number of para-hydroxylation sites is 2. The number of benzene rings is 3. The van der Waals surface area contributed by atoms with Crippen molar-refractivity contribution in [1.29, 1.82) is 0 Å². The van der Waals surface area contributed by atoms with Gasteiger partial charge in [0.2, 0.25) is 11.8 Å². The first-order valence-electron chi connectivity index (χ1n) is 13.2. The summed E-state index contributed by atoms with van der Waals surface area (Å²) in [4.78, 5) is 28.5. The molecule has 0 heterocycles. The standard InChI is InChI=1S/C30H36ClN3O5S/c1-5-22(3)32-30(36)23(4)33(20-24-12-8-7-9-13-24)29(35)21-34(27-14-10-11-15-28(27)39-6-2)40(37,38)26-18-16-25(31)17-19-26/h7-19,22-23H,5-6,20-21H2,1-4H3,(H,32,36)/t22-,23-/m1/s1. The molecule has 1 N–H and O–H groups in total. The number of carbonyl (C=O) groups excluding carboxylic acids is 2. The maximum absolute atomic E-state index is 14.0. The van der Waals surface area contributed by atoms with Crippen LogP contribution in [-0.2, 0) is 26.2 Å². The molecule has 3 aromatic carbocycles. The van der Waals surface area contributed by atoms with E-state index in [0.29, 0.717) is 17.4 Å². The van der Waals surface area contributed by atoms with Gasteiger partial charge < -0.3 is 15.0 Å². The van der Waals surface area contributed by atoms with Crippen LogP contribution in [0.5, 0.6) is 5.75 Å². The van der Waals surface area contributed by atoms with Crippen molar-refractivity contribution in [3.63, 3.8) is 0 Å². The van der Waals surface area contributed by atoms with Gasteiger partial charge in [0.1, 0.15) is 18.3 Å². The fraction of sp³-hybridized carbons (Fsp3) is 0.333. The summed E-state index contributed by atoms with van der Waals surface area (Å²) in [5.41, 5.74) is 1.02. The normalized spacial score (nSPS) is 12.7. The SMILES string of the molecule is CCOc1ccccc1N(CC(=O)N(Cc1ccccc1)[C@H](C)C(=O)N[C@H](C)CC)S(=O)(=O)c1ccc(Cl)cc1. The van der Waals surface area contributed by atoms with E-state index in [1.165, 1.54) is 29.2 Å². The number of ether oxygens (including phenoxy) is 1. The van der Waals surface area contributed by atoms with Crippen LogP contribution in [0.1, 0.15) is 39.7 Å². The molecule has 214 valence electrons. The molecule has 0 fully saturated rings. The van der Waals surface area contributed by atoms with Crippen molar-refractivity contribution in [3.05, 3.63) is 89.4 Å². The lowest BCUT2D eigenvalue weighted by molar-refractivity contribution is -0.139. The molecule has 0 saturated heterocycles. The lowest BCUT2D eigenvalue weighted by atomic mass is 10.1. The third-order valence-electron chi connectivity index (χ3n) is 6.48. The minimum absolute atomic E-state index is 0.0341. The van der Waals surface area contributed by atoms with Gasteiger partial charge in [0.25, 0.3) is 10.0 Å². The largest absolute Gasteiger partial charge is 0.492 e. The second-order valence-electron chi connectivity index (χ2n) is 9.37. The molecular weight excluding hydrogens is 550 g/mol. The van der Waals surface area contributed by atoms with Crippen molar-refractivity contribution < 1.29 is 22.7 Å². The summed E-state index contributed by atoms with van der Waals surface area (Å²) in [7, 11) is -4.24. The van der Waals surface area contributed by atoms with E-state index in [4.69, 9.17) is 16.3 Å². The molecule has 8 nitrogen and oxygen atoms in total. The Balaban J connectivity index is 2.06. The zero-order valence-corrected chi connectivity index (χ0v) is 24.8. The van der Waals surface area contributed by atoms with Crippen LogP contribution in [0.15, 0.2) is 83.8 Å². The molecule has 2 amide bonds. The fourth-order valence-corrected chi connectivity index (χ4v) is 5.57. The number of hydrogen-bond donors (Lipinski definition) is 1. The van der Waals surface area contributed by atoms with Gasteiger partial charge in [-0.15, -0.1) is 0 Å². The van der Waals surface area contributed by atoms with Gasteiger partial charge in [-0.25, -0.2) is 8.42 Å². The molecule has 0 aliphatic rings. The molecule has 40 heavy (non-hydrogen) atoms. The molecule has 0 aliphatic carbocycles. The van der Waals surface area contributed by atoms with Crippen LogP contribution >= 0.6 is 11.6 Å². The van der Waals surface area contributed by atoms with Gasteiger partial charge in [0, 0.05) is 17.6 Å². The van der Waals surface area contributed by atoms with Gasteiger partial charge in [0.15, 0.2) is 0 Å². The first-order valence-corrected chi connectivity index (χ1v) is 15.0. The fourth-order valence-electron chi connectivity index (χ4n) is 4.02. The van der Waals surface area contributed by atoms with E-state index in [1.807, 2.05) is 44.2 Å². The Morgan fingerprint density at radius 3 is 2.17 bits per heavy atom. The number of rotatable bonds is 13. The van der Waals surface area contributed by atoms with Crippen LogP contribution in [-0.4, -0.2) is 50.4 Å². The molecule has 10 heteroatoms. The predicted octanol–water partition coefficient (Wildman–Crippen LogP) is 5.27. The third-order valence-corrected chi connectivity index (χ3v) is 8.50. The van der Waals surface area contributed by atoms with E-state index < -0.39 is 28.5 Å². The lowest BCUT2D eigenvalue weighted by Gasteiger charge is -2.32. The number of nitrogens with zero attached hydrogens (tertiary/aromatic N) is 2. The molecular formula is C30H36ClN3O5S. The molecule has 3 rings (SSSR count). The zero-order chi connectivity index (χ0) is 29.3. The molecule has 0 spiro atoms. The number of sulfonamides is 1. The summed E-state index contributed by atoms with van der Waals surface area (Å²) in [6.45, 7) is 7.15. The summed E-state index contributed by atoms with van der Waals surface area (Å²) in [6.07, 6.45) is 0.729. The third kappa shape index (κ3) is 7.76. The van der Waals surface area contributed by atoms with Crippen LogP contribution in [0.3, 0.4) is 0 Å². The van der Waals surface area contributed by atoms with Crippen molar-refractivity contribution in [1.82, 2.24) is 10.2 Å². The van der Waals surface area contributed by atoms with Crippen LogP contribution in [0.2, 0.25) is 5.02 Å². The van der Waals surface area contributed by atoms with Crippen LogP contribution < -0.4 is 14.4 Å². The molecule has 2 atom stereocenters. The van der Waals surface area contributed by atoms with Gasteiger partial charge >= 0.3 is 0 Å². The first-order chi connectivity index (χ1) is 19.1. The maximum Gasteiger partial charge on any atom is 0.264 e. The van der Waals surface area contributed by atoms with Gasteiger partial charge in [-0.05, 0) is 69.2 Å².